The molecule has 0 unspecified atom stereocenters. The van der Waals surface area contributed by atoms with Crippen molar-refractivity contribution in [3.05, 3.63) is 46.5 Å². The molecule has 16 heavy (non-hydrogen) atoms. The first-order valence-electron chi connectivity index (χ1n) is 6.10. The van der Waals surface area contributed by atoms with Crippen LogP contribution >= 0.6 is 0 Å². The summed E-state index contributed by atoms with van der Waals surface area (Å²) in [5.41, 5.74) is 6.42. The first kappa shape index (κ1) is 11.7. The first-order valence-corrected chi connectivity index (χ1v) is 8.98. The van der Waals surface area contributed by atoms with Crippen molar-refractivity contribution in [2.45, 2.75) is 33.9 Å². The highest BCUT2D eigenvalue weighted by molar-refractivity contribution is 6.65. The van der Waals surface area contributed by atoms with Gasteiger partial charge in [0, 0.05) is 14.3 Å². The Hall–Kier alpha value is -0.823. The Labute approximate surface area is 101 Å². The number of allylic oxidation sites excluding steroid dienone is 1. The van der Waals surface area contributed by atoms with Gasteiger partial charge in [-0.15, -0.1) is 0 Å². The zero-order chi connectivity index (χ0) is 11.9. The van der Waals surface area contributed by atoms with E-state index >= 15 is 0 Å². The Morgan fingerprint density at radius 2 is 1.62 bits per heavy atom. The van der Waals surface area contributed by atoms with Gasteiger partial charge in [0.1, 0.15) is 0 Å². The average Bonchev–Trinajstić information content (AvgIpc) is 2.55. The summed E-state index contributed by atoms with van der Waals surface area (Å²) in [6, 6.07) is 8.83. The maximum Gasteiger partial charge on any atom is 0.0491 e. The Kier molecular flexibility index (Phi) is 2.83. The van der Waals surface area contributed by atoms with Crippen LogP contribution in [0.25, 0.3) is 6.08 Å². The zero-order valence-electron chi connectivity index (χ0n) is 11.0. The Bertz CT molecular complexity index is 421. The van der Waals surface area contributed by atoms with Crippen LogP contribution in [0.5, 0.6) is 0 Å². The van der Waals surface area contributed by atoms with Crippen LogP contribution in [0, 0.1) is 11.0 Å². The number of hydrogen-bond acceptors (Lipinski definition) is 0. The molecule has 0 aliphatic heterocycles. The van der Waals surface area contributed by atoms with Crippen molar-refractivity contribution in [1.82, 2.24) is 0 Å². The van der Waals surface area contributed by atoms with Crippen LogP contribution in [0.1, 0.15) is 31.9 Å². The van der Waals surface area contributed by atoms with Gasteiger partial charge in [0.2, 0.25) is 0 Å². The molecular weight excluding hydrogens is 208 g/mol. The highest BCUT2D eigenvalue weighted by Gasteiger charge is 2.34. The first-order chi connectivity index (χ1) is 7.41. The van der Waals surface area contributed by atoms with E-state index < -0.39 is 8.80 Å². The minimum atomic E-state index is -0.769. The molecule has 0 fully saturated rings. The largest absolute Gasteiger partial charge is 0.0711 e. The minimum absolute atomic E-state index is 0.269. The maximum absolute atomic E-state index is 2.43. The fraction of sp³-hybridized carbons (Fsp3) is 0.400. The van der Waals surface area contributed by atoms with E-state index in [4.69, 9.17) is 0 Å². The fourth-order valence-electron chi connectivity index (χ4n) is 2.49. The standard InChI is InChI=1S/C15H21Si/c1-15(2,3)13-10-11-8-6-7-9-12(11)14(13)16(4)5/h6-10,16H,1-5H3. The Morgan fingerprint density at radius 1 is 1.00 bits per heavy atom. The fourth-order valence-corrected chi connectivity index (χ4v) is 4.51. The van der Waals surface area contributed by atoms with E-state index in [1.54, 1.807) is 11.1 Å². The highest BCUT2D eigenvalue weighted by Crippen LogP contribution is 2.45. The Morgan fingerprint density at radius 3 is 2.19 bits per heavy atom. The van der Waals surface area contributed by atoms with E-state index in [0.29, 0.717) is 0 Å². The molecule has 1 heteroatoms. The minimum Gasteiger partial charge on any atom is -0.0711 e. The van der Waals surface area contributed by atoms with Crippen molar-refractivity contribution in [2.75, 3.05) is 0 Å². The third-order valence-electron chi connectivity index (χ3n) is 3.23. The lowest BCUT2D eigenvalue weighted by Gasteiger charge is -2.29. The normalized spacial score (nSPS) is 16.5. The molecule has 1 radical (unpaired) electrons. The summed E-state index contributed by atoms with van der Waals surface area (Å²) in [5, 5.41) is 0. The molecule has 2 rings (SSSR count). The summed E-state index contributed by atoms with van der Waals surface area (Å²) in [7, 11) is -0.769. The summed E-state index contributed by atoms with van der Waals surface area (Å²) < 4.78 is 0. The van der Waals surface area contributed by atoms with Gasteiger partial charge >= 0.3 is 0 Å². The van der Waals surface area contributed by atoms with Gasteiger partial charge in [0.25, 0.3) is 0 Å². The summed E-state index contributed by atoms with van der Waals surface area (Å²) in [5.74, 6) is 0. The second kappa shape index (κ2) is 3.88. The molecule has 0 nitrogen and oxygen atoms in total. The zero-order valence-corrected chi connectivity index (χ0v) is 12.1. The van der Waals surface area contributed by atoms with Crippen LogP contribution in [0.15, 0.2) is 29.8 Å². The second-order valence-electron chi connectivity index (χ2n) is 5.96. The van der Waals surface area contributed by atoms with Crippen molar-refractivity contribution < 1.29 is 0 Å². The van der Waals surface area contributed by atoms with E-state index in [1.165, 1.54) is 11.1 Å². The predicted molar refractivity (Wildman–Crippen MR) is 75.1 cm³/mol. The third-order valence-corrected chi connectivity index (χ3v) is 5.00. The average molecular weight is 229 g/mol. The van der Waals surface area contributed by atoms with Crippen LogP contribution < -0.4 is 0 Å². The van der Waals surface area contributed by atoms with Crippen LogP contribution in [-0.4, -0.2) is 8.80 Å². The number of rotatable bonds is 1. The smallest absolute Gasteiger partial charge is 0.0491 e. The lowest BCUT2D eigenvalue weighted by molar-refractivity contribution is 0.512. The van der Waals surface area contributed by atoms with Crippen LogP contribution in [0.2, 0.25) is 13.1 Å². The summed E-state index contributed by atoms with van der Waals surface area (Å²) >= 11 is 0. The molecule has 0 saturated heterocycles. The number of benzene rings is 1. The predicted octanol–water partition coefficient (Wildman–Crippen LogP) is 4.08. The SMILES string of the molecule is C[SiH](C)[C]1C(C(C)(C)C)=Cc2ccccc21. The van der Waals surface area contributed by atoms with Gasteiger partial charge in [-0.2, -0.15) is 0 Å². The molecule has 0 bridgehead atoms. The van der Waals surface area contributed by atoms with Gasteiger partial charge in [0.15, 0.2) is 0 Å². The van der Waals surface area contributed by atoms with Gasteiger partial charge in [-0.05, 0) is 16.5 Å². The second-order valence-corrected chi connectivity index (χ2v) is 8.85. The van der Waals surface area contributed by atoms with Gasteiger partial charge in [-0.3, -0.25) is 0 Å². The molecule has 0 aromatic heterocycles. The molecule has 1 aromatic rings. The molecule has 1 aromatic carbocycles. The van der Waals surface area contributed by atoms with Crippen molar-refractivity contribution in [1.29, 1.82) is 0 Å². The maximum atomic E-state index is 2.43. The quantitative estimate of drug-likeness (QED) is 0.637. The summed E-state index contributed by atoms with van der Waals surface area (Å²) in [4.78, 5) is 0. The summed E-state index contributed by atoms with van der Waals surface area (Å²) in [6.07, 6.45) is 2.40. The van der Waals surface area contributed by atoms with Crippen LogP contribution in [0.3, 0.4) is 0 Å². The molecule has 0 atom stereocenters. The molecule has 1 aliphatic carbocycles. The monoisotopic (exact) mass is 229 g/mol. The number of fused-ring (bicyclic) bond motifs is 1. The van der Waals surface area contributed by atoms with Gasteiger partial charge in [-0.1, -0.05) is 69.8 Å². The van der Waals surface area contributed by atoms with Crippen molar-refractivity contribution in [3.8, 4) is 0 Å². The third kappa shape index (κ3) is 1.89. The highest BCUT2D eigenvalue weighted by atomic mass is 28.3. The van der Waals surface area contributed by atoms with Crippen LogP contribution in [-0.2, 0) is 0 Å². The van der Waals surface area contributed by atoms with Crippen LogP contribution in [0.4, 0.5) is 0 Å². The molecular formula is C15H21Si. The van der Waals surface area contributed by atoms with Gasteiger partial charge in [0.05, 0.1) is 0 Å². The van der Waals surface area contributed by atoms with E-state index in [9.17, 15) is 0 Å². The van der Waals surface area contributed by atoms with E-state index in [1.807, 2.05) is 0 Å². The van der Waals surface area contributed by atoms with Crippen molar-refractivity contribution in [2.24, 2.45) is 5.41 Å². The van der Waals surface area contributed by atoms with E-state index in [0.717, 1.165) is 0 Å². The number of hydrogen-bond donors (Lipinski definition) is 0. The molecule has 1 aliphatic rings. The topological polar surface area (TPSA) is 0 Å². The molecule has 0 N–H and O–H groups in total. The van der Waals surface area contributed by atoms with Crippen molar-refractivity contribution >= 4 is 14.9 Å². The summed E-state index contributed by atoms with van der Waals surface area (Å²) in [6.45, 7) is 11.8. The lowest BCUT2D eigenvalue weighted by atomic mass is 9.85. The van der Waals surface area contributed by atoms with Gasteiger partial charge in [-0.25, -0.2) is 0 Å². The molecule has 0 saturated carbocycles. The van der Waals surface area contributed by atoms with Gasteiger partial charge < -0.3 is 0 Å². The van der Waals surface area contributed by atoms with Crippen molar-refractivity contribution in [3.63, 3.8) is 0 Å². The molecule has 0 amide bonds. The molecule has 85 valence electrons. The van der Waals surface area contributed by atoms with E-state index in [-0.39, 0.29) is 5.41 Å². The Balaban J connectivity index is 2.51. The van der Waals surface area contributed by atoms with E-state index in [2.05, 4.69) is 64.2 Å². The molecule has 0 heterocycles. The lowest BCUT2D eigenvalue weighted by Crippen LogP contribution is -2.24. The molecule has 0 spiro atoms.